The molecule has 0 bridgehead atoms. The standard InChI is InChI=1S/C16H15BrClNO2/c1-11(12-3-2-4-13(17)9-12)19-16(20)10-21-15-7-5-14(18)6-8-15/h2-9,11H,10H2,1H3,(H,19,20)/t11-/m0/s1. The van der Waals surface area contributed by atoms with Crippen molar-refractivity contribution in [3.63, 3.8) is 0 Å². The zero-order chi connectivity index (χ0) is 15.2. The summed E-state index contributed by atoms with van der Waals surface area (Å²) in [7, 11) is 0. The Balaban J connectivity index is 1.85. The zero-order valence-electron chi connectivity index (χ0n) is 11.5. The van der Waals surface area contributed by atoms with E-state index in [0.717, 1.165) is 10.0 Å². The summed E-state index contributed by atoms with van der Waals surface area (Å²) < 4.78 is 6.39. The van der Waals surface area contributed by atoms with Crippen molar-refractivity contribution in [2.24, 2.45) is 0 Å². The molecule has 5 heteroatoms. The number of benzene rings is 2. The number of carbonyl (C=O) groups excluding carboxylic acids is 1. The molecule has 0 heterocycles. The Kier molecular flexibility index (Phi) is 5.65. The van der Waals surface area contributed by atoms with E-state index in [0.29, 0.717) is 10.8 Å². The molecule has 1 N–H and O–H groups in total. The third-order valence-corrected chi connectivity index (χ3v) is 3.65. The molecular weight excluding hydrogens is 354 g/mol. The number of ether oxygens (including phenoxy) is 1. The Labute approximate surface area is 137 Å². The van der Waals surface area contributed by atoms with Crippen molar-refractivity contribution in [3.8, 4) is 5.75 Å². The summed E-state index contributed by atoms with van der Waals surface area (Å²) in [6.45, 7) is 1.90. The lowest BCUT2D eigenvalue weighted by atomic mass is 10.1. The topological polar surface area (TPSA) is 38.3 Å². The van der Waals surface area contributed by atoms with Gasteiger partial charge in [-0.1, -0.05) is 39.7 Å². The average Bonchev–Trinajstić information content (AvgIpc) is 2.46. The van der Waals surface area contributed by atoms with Gasteiger partial charge in [0, 0.05) is 9.50 Å². The fraction of sp³-hybridized carbons (Fsp3) is 0.188. The lowest BCUT2D eigenvalue weighted by Crippen LogP contribution is -2.31. The van der Waals surface area contributed by atoms with Crippen molar-refractivity contribution in [1.29, 1.82) is 0 Å². The molecule has 0 radical (unpaired) electrons. The summed E-state index contributed by atoms with van der Waals surface area (Å²) in [5.74, 6) is 0.446. The van der Waals surface area contributed by atoms with Crippen LogP contribution in [0.4, 0.5) is 0 Å². The van der Waals surface area contributed by atoms with Crippen LogP contribution < -0.4 is 10.1 Å². The number of carbonyl (C=O) groups is 1. The Morgan fingerprint density at radius 1 is 1.29 bits per heavy atom. The third-order valence-electron chi connectivity index (χ3n) is 2.91. The highest BCUT2D eigenvalue weighted by Crippen LogP contribution is 2.18. The van der Waals surface area contributed by atoms with Crippen LogP contribution in [0.1, 0.15) is 18.5 Å². The van der Waals surface area contributed by atoms with Crippen LogP contribution in [0.3, 0.4) is 0 Å². The van der Waals surface area contributed by atoms with E-state index in [-0.39, 0.29) is 18.6 Å². The molecule has 0 spiro atoms. The van der Waals surface area contributed by atoms with Crippen LogP contribution in [-0.2, 0) is 4.79 Å². The summed E-state index contributed by atoms with van der Waals surface area (Å²) in [6, 6.07) is 14.6. The van der Waals surface area contributed by atoms with Gasteiger partial charge in [-0.15, -0.1) is 0 Å². The van der Waals surface area contributed by atoms with Crippen LogP contribution in [0.15, 0.2) is 53.0 Å². The molecule has 0 aliphatic rings. The number of halogens is 2. The zero-order valence-corrected chi connectivity index (χ0v) is 13.8. The molecule has 2 aromatic carbocycles. The Bertz CT molecular complexity index is 616. The van der Waals surface area contributed by atoms with E-state index in [4.69, 9.17) is 16.3 Å². The average molecular weight is 369 g/mol. The first kappa shape index (κ1) is 15.9. The SMILES string of the molecule is C[C@H](NC(=O)COc1ccc(Cl)cc1)c1cccc(Br)c1. The Hall–Kier alpha value is -1.52. The van der Waals surface area contributed by atoms with E-state index >= 15 is 0 Å². The lowest BCUT2D eigenvalue weighted by molar-refractivity contribution is -0.123. The molecule has 0 unspecified atom stereocenters. The van der Waals surface area contributed by atoms with Gasteiger partial charge in [-0.05, 0) is 48.9 Å². The Morgan fingerprint density at radius 3 is 2.67 bits per heavy atom. The molecule has 0 saturated heterocycles. The number of rotatable bonds is 5. The smallest absolute Gasteiger partial charge is 0.258 e. The maximum Gasteiger partial charge on any atom is 0.258 e. The van der Waals surface area contributed by atoms with E-state index in [1.807, 2.05) is 31.2 Å². The van der Waals surface area contributed by atoms with Gasteiger partial charge in [-0.3, -0.25) is 4.79 Å². The monoisotopic (exact) mass is 367 g/mol. The van der Waals surface area contributed by atoms with Crippen molar-refractivity contribution in [1.82, 2.24) is 5.32 Å². The molecular formula is C16H15BrClNO2. The predicted molar refractivity (Wildman–Crippen MR) is 87.6 cm³/mol. The van der Waals surface area contributed by atoms with E-state index in [9.17, 15) is 4.79 Å². The fourth-order valence-corrected chi connectivity index (χ4v) is 2.37. The minimum atomic E-state index is -0.169. The van der Waals surface area contributed by atoms with Crippen LogP contribution in [0.25, 0.3) is 0 Å². The second kappa shape index (κ2) is 7.48. The van der Waals surface area contributed by atoms with E-state index in [1.54, 1.807) is 24.3 Å². The van der Waals surface area contributed by atoms with Crippen molar-refractivity contribution in [2.45, 2.75) is 13.0 Å². The van der Waals surface area contributed by atoms with E-state index < -0.39 is 0 Å². The number of amides is 1. The molecule has 0 saturated carbocycles. The highest BCUT2D eigenvalue weighted by atomic mass is 79.9. The van der Waals surface area contributed by atoms with Gasteiger partial charge in [0.15, 0.2) is 6.61 Å². The summed E-state index contributed by atoms with van der Waals surface area (Å²) in [5.41, 5.74) is 1.03. The van der Waals surface area contributed by atoms with E-state index in [2.05, 4.69) is 21.2 Å². The summed E-state index contributed by atoms with van der Waals surface area (Å²) in [4.78, 5) is 11.9. The van der Waals surface area contributed by atoms with Gasteiger partial charge in [0.25, 0.3) is 5.91 Å². The normalized spacial score (nSPS) is 11.8. The van der Waals surface area contributed by atoms with Crippen LogP contribution in [-0.4, -0.2) is 12.5 Å². The van der Waals surface area contributed by atoms with Crippen molar-refractivity contribution >= 4 is 33.4 Å². The summed E-state index contributed by atoms with van der Waals surface area (Å²) in [5, 5.41) is 3.53. The number of hydrogen-bond acceptors (Lipinski definition) is 2. The molecule has 0 aliphatic carbocycles. The molecule has 1 amide bonds. The molecule has 2 rings (SSSR count). The minimum Gasteiger partial charge on any atom is -0.484 e. The van der Waals surface area contributed by atoms with Gasteiger partial charge >= 0.3 is 0 Å². The Morgan fingerprint density at radius 2 is 2.00 bits per heavy atom. The molecule has 0 fully saturated rings. The first-order valence-electron chi connectivity index (χ1n) is 6.48. The van der Waals surface area contributed by atoms with Gasteiger partial charge < -0.3 is 10.1 Å². The lowest BCUT2D eigenvalue weighted by Gasteiger charge is -2.15. The quantitative estimate of drug-likeness (QED) is 0.851. The molecule has 3 nitrogen and oxygen atoms in total. The van der Waals surface area contributed by atoms with E-state index in [1.165, 1.54) is 0 Å². The van der Waals surface area contributed by atoms with Crippen LogP contribution in [0, 0.1) is 0 Å². The van der Waals surface area contributed by atoms with Crippen LogP contribution in [0.2, 0.25) is 5.02 Å². The maximum absolute atomic E-state index is 11.9. The molecule has 2 aromatic rings. The highest BCUT2D eigenvalue weighted by molar-refractivity contribution is 9.10. The van der Waals surface area contributed by atoms with Gasteiger partial charge in [-0.25, -0.2) is 0 Å². The summed E-state index contributed by atoms with van der Waals surface area (Å²) in [6.07, 6.45) is 0. The largest absolute Gasteiger partial charge is 0.484 e. The molecule has 1 atom stereocenters. The first-order valence-corrected chi connectivity index (χ1v) is 7.65. The second-order valence-electron chi connectivity index (χ2n) is 4.59. The minimum absolute atomic E-state index is 0.0278. The van der Waals surface area contributed by atoms with Crippen molar-refractivity contribution in [2.75, 3.05) is 6.61 Å². The highest BCUT2D eigenvalue weighted by Gasteiger charge is 2.10. The van der Waals surface area contributed by atoms with Crippen LogP contribution >= 0.6 is 27.5 Å². The predicted octanol–water partition coefficient (Wildman–Crippen LogP) is 4.36. The van der Waals surface area contributed by atoms with Gasteiger partial charge in [0.05, 0.1) is 6.04 Å². The first-order chi connectivity index (χ1) is 10.0. The molecule has 21 heavy (non-hydrogen) atoms. The second-order valence-corrected chi connectivity index (χ2v) is 5.94. The van der Waals surface area contributed by atoms with Crippen LogP contribution in [0.5, 0.6) is 5.75 Å². The molecule has 0 aliphatic heterocycles. The number of nitrogens with one attached hydrogen (secondary N) is 1. The number of hydrogen-bond donors (Lipinski definition) is 1. The summed E-state index contributed by atoms with van der Waals surface area (Å²) >= 11 is 9.20. The van der Waals surface area contributed by atoms with Crippen molar-refractivity contribution < 1.29 is 9.53 Å². The molecule has 0 aromatic heterocycles. The third kappa shape index (κ3) is 5.06. The van der Waals surface area contributed by atoms with Crippen molar-refractivity contribution in [3.05, 3.63) is 63.6 Å². The fourth-order valence-electron chi connectivity index (χ4n) is 1.82. The molecule has 110 valence electrons. The van der Waals surface area contributed by atoms with Gasteiger partial charge in [0.2, 0.25) is 0 Å². The van der Waals surface area contributed by atoms with Gasteiger partial charge in [0.1, 0.15) is 5.75 Å². The maximum atomic E-state index is 11.9. The van der Waals surface area contributed by atoms with Gasteiger partial charge in [-0.2, -0.15) is 0 Å².